The van der Waals surface area contributed by atoms with E-state index >= 15 is 0 Å². The zero-order valence-electron chi connectivity index (χ0n) is 8.42. The summed E-state index contributed by atoms with van der Waals surface area (Å²) < 4.78 is 5.10. The van der Waals surface area contributed by atoms with Gasteiger partial charge in [0.15, 0.2) is 5.13 Å². The molecule has 0 saturated carbocycles. The standard InChI is InChI=1S/C10H7ClN2O2S.ClH/c11-9(14)7(4-6-2-1-3-15-6)8-5-16-10(12)13-8;/h1-5H,(H2,12,13);1H/b7-4-;. The summed E-state index contributed by atoms with van der Waals surface area (Å²) in [6, 6.07) is 3.44. The van der Waals surface area contributed by atoms with Crippen LogP contribution in [0.25, 0.3) is 11.6 Å². The maximum absolute atomic E-state index is 11.3. The van der Waals surface area contributed by atoms with Crippen LogP contribution in [0.15, 0.2) is 28.2 Å². The minimum absolute atomic E-state index is 0. The molecule has 2 aromatic rings. The van der Waals surface area contributed by atoms with Gasteiger partial charge in [0.1, 0.15) is 5.76 Å². The summed E-state index contributed by atoms with van der Waals surface area (Å²) in [7, 11) is 0. The number of allylic oxidation sites excluding steroid dienone is 1. The van der Waals surface area contributed by atoms with E-state index in [0.29, 0.717) is 16.6 Å². The number of hydrogen-bond donors (Lipinski definition) is 1. The molecule has 0 atom stereocenters. The van der Waals surface area contributed by atoms with E-state index in [4.69, 9.17) is 21.8 Å². The van der Waals surface area contributed by atoms with Crippen molar-refractivity contribution in [1.82, 2.24) is 4.98 Å². The summed E-state index contributed by atoms with van der Waals surface area (Å²) in [6.07, 6.45) is 3.04. The van der Waals surface area contributed by atoms with Gasteiger partial charge in [-0.1, -0.05) is 0 Å². The summed E-state index contributed by atoms with van der Waals surface area (Å²) in [5.74, 6) is 0.538. The summed E-state index contributed by atoms with van der Waals surface area (Å²) in [4.78, 5) is 15.3. The van der Waals surface area contributed by atoms with Crippen LogP contribution in [0.1, 0.15) is 11.5 Å². The summed E-state index contributed by atoms with van der Waals surface area (Å²) in [5.41, 5.74) is 6.22. The predicted molar refractivity (Wildman–Crippen MR) is 71.2 cm³/mol. The zero-order chi connectivity index (χ0) is 11.5. The topological polar surface area (TPSA) is 69.1 Å². The van der Waals surface area contributed by atoms with Gasteiger partial charge in [-0.2, -0.15) is 0 Å². The highest BCUT2D eigenvalue weighted by Gasteiger charge is 2.13. The fraction of sp³-hybridized carbons (Fsp3) is 0. The highest BCUT2D eigenvalue weighted by atomic mass is 35.5. The van der Waals surface area contributed by atoms with Gasteiger partial charge in [-0.05, 0) is 29.8 Å². The van der Waals surface area contributed by atoms with Crippen LogP contribution in [-0.2, 0) is 4.79 Å². The smallest absolute Gasteiger partial charge is 0.254 e. The van der Waals surface area contributed by atoms with Crippen LogP contribution >= 0.6 is 35.3 Å². The molecule has 0 aliphatic heterocycles. The largest absolute Gasteiger partial charge is 0.465 e. The van der Waals surface area contributed by atoms with E-state index in [-0.39, 0.29) is 18.0 Å². The lowest BCUT2D eigenvalue weighted by Crippen LogP contribution is -1.94. The van der Waals surface area contributed by atoms with Crippen LogP contribution in [0.4, 0.5) is 5.13 Å². The molecule has 0 unspecified atom stereocenters. The molecule has 2 rings (SSSR count). The van der Waals surface area contributed by atoms with E-state index in [1.165, 1.54) is 23.7 Å². The van der Waals surface area contributed by atoms with Gasteiger partial charge in [0.25, 0.3) is 5.24 Å². The van der Waals surface area contributed by atoms with Gasteiger partial charge in [-0.3, -0.25) is 4.79 Å². The number of anilines is 1. The monoisotopic (exact) mass is 290 g/mol. The van der Waals surface area contributed by atoms with Crippen molar-refractivity contribution < 1.29 is 9.21 Å². The molecular formula is C10H8Cl2N2O2S. The van der Waals surface area contributed by atoms with E-state index in [1.54, 1.807) is 17.5 Å². The van der Waals surface area contributed by atoms with Gasteiger partial charge in [0.05, 0.1) is 17.5 Å². The fourth-order valence-electron chi connectivity index (χ4n) is 1.16. The molecule has 0 aliphatic rings. The van der Waals surface area contributed by atoms with E-state index in [0.717, 1.165) is 0 Å². The number of rotatable bonds is 3. The number of nitrogen functional groups attached to an aromatic ring is 1. The van der Waals surface area contributed by atoms with Gasteiger partial charge in [0, 0.05) is 5.38 Å². The van der Waals surface area contributed by atoms with Crippen LogP contribution in [0.3, 0.4) is 0 Å². The Balaban J connectivity index is 0.00000144. The lowest BCUT2D eigenvalue weighted by Gasteiger charge is -1.95. The van der Waals surface area contributed by atoms with Crippen molar-refractivity contribution in [2.45, 2.75) is 0 Å². The number of carbonyl (C=O) groups is 1. The third kappa shape index (κ3) is 3.33. The molecule has 90 valence electrons. The fourth-order valence-corrected chi connectivity index (χ4v) is 1.87. The molecule has 0 radical (unpaired) electrons. The van der Waals surface area contributed by atoms with E-state index < -0.39 is 5.24 Å². The van der Waals surface area contributed by atoms with Crippen molar-refractivity contribution >= 4 is 57.4 Å². The Kier molecular flexibility index (Phi) is 4.74. The van der Waals surface area contributed by atoms with Crippen LogP contribution < -0.4 is 5.73 Å². The van der Waals surface area contributed by atoms with Gasteiger partial charge in [-0.25, -0.2) is 4.98 Å². The summed E-state index contributed by atoms with van der Waals surface area (Å²) in [6.45, 7) is 0. The molecular weight excluding hydrogens is 283 g/mol. The molecule has 0 aromatic carbocycles. The number of furan rings is 1. The van der Waals surface area contributed by atoms with Gasteiger partial charge < -0.3 is 10.2 Å². The van der Waals surface area contributed by atoms with Gasteiger partial charge in [-0.15, -0.1) is 23.7 Å². The van der Waals surface area contributed by atoms with Crippen LogP contribution in [0.2, 0.25) is 0 Å². The molecule has 7 heteroatoms. The molecule has 0 spiro atoms. The number of carbonyl (C=O) groups excluding carboxylic acids is 1. The third-order valence-corrected chi connectivity index (χ3v) is 2.72. The van der Waals surface area contributed by atoms with Crippen LogP contribution in [-0.4, -0.2) is 10.2 Å². The Morgan fingerprint density at radius 1 is 1.59 bits per heavy atom. The second-order valence-corrected chi connectivity index (χ2v) is 4.15. The number of halogens is 2. The second-order valence-electron chi connectivity index (χ2n) is 2.92. The first-order valence-corrected chi connectivity index (χ1v) is 5.59. The normalized spacial score (nSPS) is 11.0. The second kappa shape index (κ2) is 5.86. The first-order chi connectivity index (χ1) is 7.66. The lowest BCUT2D eigenvalue weighted by molar-refractivity contribution is -0.106. The quantitative estimate of drug-likeness (QED) is 0.697. The van der Waals surface area contributed by atoms with E-state index in [1.807, 2.05) is 0 Å². The van der Waals surface area contributed by atoms with Crippen LogP contribution in [0.5, 0.6) is 0 Å². The SMILES string of the molecule is Cl.Nc1nc(/C(=C/c2ccco2)C(=O)Cl)cs1. The maximum Gasteiger partial charge on any atom is 0.254 e. The minimum atomic E-state index is -0.596. The van der Waals surface area contributed by atoms with Crippen LogP contribution in [0, 0.1) is 0 Å². The Bertz CT molecular complexity index is 534. The van der Waals surface area contributed by atoms with E-state index in [9.17, 15) is 4.79 Å². The molecule has 2 aromatic heterocycles. The van der Waals surface area contributed by atoms with Crippen molar-refractivity contribution in [1.29, 1.82) is 0 Å². The number of hydrogen-bond acceptors (Lipinski definition) is 5. The predicted octanol–water partition coefficient (Wildman–Crippen LogP) is 3.05. The van der Waals surface area contributed by atoms with Crippen molar-refractivity contribution in [3.05, 3.63) is 35.2 Å². The van der Waals surface area contributed by atoms with E-state index in [2.05, 4.69) is 4.98 Å². The number of nitrogens with zero attached hydrogens (tertiary/aromatic N) is 1. The first-order valence-electron chi connectivity index (χ1n) is 4.33. The molecule has 0 saturated heterocycles. The van der Waals surface area contributed by atoms with Gasteiger partial charge in [0.2, 0.25) is 0 Å². The van der Waals surface area contributed by atoms with Crippen molar-refractivity contribution in [3.8, 4) is 0 Å². The molecule has 17 heavy (non-hydrogen) atoms. The Hall–Kier alpha value is -1.30. The number of aromatic nitrogens is 1. The Labute approximate surface area is 113 Å². The minimum Gasteiger partial charge on any atom is -0.465 e. The van der Waals surface area contributed by atoms with Crippen molar-refractivity contribution in [2.24, 2.45) is 0 Å². The Morgan fingerprint density at radius 3 is 2.82 bits per heavy atom. The third-order valence-electron chi connectivity index (χ3n) is 1.84. The zero-order valence-corrected chi connectivity index (χ0v) is 10.8. The van der Waals surface area contributed by atoms with Crippen molar-refractivity contribution in [2.75, 3.05) is 5.73 Å². The molecule has 0 amide bonds. The number of nitrogens with two attached hydrogens (primary N) is 1. The molecule has 0 bridgehead atoms. The average Bonchev–Trinajstić information content (AvgIpc) is 2.84. The molecule has 0 aliphatic carbocycles. The first kappa shape index (κ1) is 13.8. The van der Waals surface area contributed by atoms with Crippen molar-refractivity contribution in [3.63, 3.8) is 0 Å². The highest BCUT2D eigenvalue weighted by molar-refractivity contribution is 7.13. The van der Waals surface area contributed by atoms with Gasteiger partial charge >= 0.3 is 0 Å². The molecule has 4 nitrogen and oxygen atoms in total. The average molecular weight is 291 g/mol. The Morgan fingerprint density at radius 2 is 2.35 bits per heavy atom. The summed E-state index contributed by atoms with van der Waals surface area (Å²) >= 11 is 6.73. The molecule has 0 fully saturated rings. The number of thiazole rings is 1. The maximum atomic E-state index is 11.3. The molecule has 2 heterocycles. The summed E-state index contributed by atoms with van der Waals surface area (Å²) in [5, 5.41) is 1.46. The highest BCUT2D eigenvalue weighted by Crippen LogP contribution is 2.23. The lowest BCUT2D eigenvalue weighted by atomic mass is 10.2. The molecule has 2 N–H and O–H groups in total.